The number of halogens is 2. The maximum atomic E-state index is 14.1. The fourth-order valence-corrected chi connectivity index (χ4v) is 2.25. The Hall–Kier alpha value is -2.67. The maximum absolute atomic E-state index is 14.1. The number of rotatable bonds is 2. The van der Waals surface area contributed by atoms with E-state index >= 15 is 0 Å². The summed E-state index contributed by atoms with van der Waals surface area (Å²) in [5.41, 5.74) is 7.11. The summed E-state index contributed by atoms with van der Waals surface area (Å²) in [6.07, 6.45) is 1.15. The van der Waals surface area contributed by atoms with Crippen molar-refractivity contribution in [2.45, 2.75) is 0 Å². The lowest BCUT2D eigenvalue weighted by atomic mass is 10.1. The van der Waals surface area contributed by atoms with Crippen LogP contribution in [0.25, 0.3) is 16.9 Å². The smallest absolute Gasteiger partial charge is 0.277 e. The first-order valence-electron chi connectivity index (χ1n) is 5.76. The fourth-order valence-electron chi connectivity index (χ4n) is 2.08. The average molecular weight is 306 g/mol. The first-order valence-corrected chi connectivity index (χ1v) is 6.14. The summed E-state index contributed by atoms with van der Waals surface area (Å²) >= 11 is 5.74. The molecule has 21 heavy (non-hydrogen) atoms. The Morgan fingerprint density at radius 2 is 2.19 bits per heavy atom. The van der Waals surface area contributed by atoms with Crippen LogP contribution in [0.5, 0.6) is 5.75 Å². The van der Waals surface area contributed by atoms with Gasteiger partial charge in [-0.05, 0) is 12.1 Å². The van der Waals surface area contributed by atoms with Crippen LogP contribution in [0.15, 0.2) is 30.6 Å². The molecule has 0 aliphatic carbocycles. The molecule has 2 aromatic heterocycles. The van der Waals surface area contributed by atoms with Gasteiger partial charge in [0.25, 0.3) is 5.91 Å². The van der Waals surface area contributed by atoms with Crippen LogP contribution in [0.1, 0.15) is 10.4 Å². The number of nitrogens with one attached hydrogen (secondary N) is 1. The van der Waals surface area contributed by atoms with Crippen molar-refractivity contribution in [1.82, 2.24) is 20.3 Å². The van der Waals surface area contributed by atoms with Crippen LogP contribution in [-0.4, -0.2) is 25.6 Å². The number of amides is 1. The van der Waals surface area contributed by atoms with E-state index in [2.05, 4.69) is 10.1 Å². The van der Waals surface area contributed by atoms with Crippen LogP contribution in [0.4, 0.5) is 4.39 Å². The molecule has 8 heteroatoms. The molecule has 0 saturated carbocycles. The van der Waals surface area contributed by atoms with Crippen molar-refractivity contribution in [1.29, 1.82) is 0 Å². The van der Waals surface area contributed by atoms with Crippen LogP contribution >= 0.6 is 11.6 Å². The molecule has 2 heterocycles. The molecule has 1 amide bonds. The minimum absolute atomic E-state index is 0.0237. The zero-order valence-electron chi connectivity index (χ0n) is 10.3. The summed E-state index contributed by atoms with van der Waals surface area (Å²) in [7, 11) is 0. The van der Waals surface area contributed by atoms with E-state index in [4.69, 9.17) is 17.3 Å². The zero-order valence-corrected chi connectivity index (χ0v) is 11.1. The fraction of sp³-hybridized carbons (Fsp3) is 0. The van der Waals surface area contributed by atoms with Gasteiger partial charge in [0.05, 0.1) is 10.7 Å². The summed E-state index contributed by atoms with van der Waals surface area (Å²) in [5.74, 6) is -2.26. The summed E-state index contributed by atoms with van der Waals surface area (Å²) in [6, 6.07) is 5.54. The molecule has 2 N–H and O–H groups in total. The molecular formula is C13H7ClFN4O2. The molecule has 105 valence electrons. The molecule has 6 nitrogen and oxygen atoms in total. The highest BCUT2D eigenvalue weighted by atomic mass is 35.5. The lowest BCUT2D eigenvalue weighted by Gasteiger charge is -2.10. The molecular weight excluding hydrogens is 299 g/mol. The second-order valence-electron chi connectivity index (χ2n) is 4.22. The van der Waals surface area contributed by atoms with Crippen LogP contribution in [0, 0.1) is 5.82 Å². The van der Waals surface area contributed by atoms with Gasteiger partial charge in [-0.2, -0.15) is 5.10 Å². The Bertz CT molecular complexity index is 878. The van der Waals surface area contributed by atoms with E-state index in [0.29, 0.717) is 0 Å². The number of aromatic hydroxyl groups is 1. The number of nitrogens with zero attached hydrogens (tertiary/aromatic N) is 3. The van der Waals surface area contributed by atoms with E-state index in [1.54, 1.807) is 6.07 Å². The molecule has 0 aliphatic heterocycles. The summed E-state index contributed by atoms with van der Waals surface area (Å²) < 4.78 is 15.3. The van der Waals surface area contributed by atoms with Crippen molar-refractivity contribution in [3.63, 3.8) is 0 Å². The highest BCUT2D eigenvalue weighted by Gasteiger charge is 2.21. The number of fused-ring (bicyclic) bond motifs is 1. The number of hydrogen-bond donors (Lipinski definition) is 1. The third-order valence-electron chi connectivity index (χ3n) is 2.98. The molecule has 1 radical (unpaired) electrons. The lowest BCUT2D eigenvalue weighted by Crippen LogP contribution is -2.06. The zero-order chi connectivity index (χ0) is 15.1. The Morgan fingerprint density at radius 1 is 1.43 bits per heavy atom. The topological polar surface area (TPSA) is 91.3 Å². The van der Waals surface area contributed by atoms with Gasteiger partial charge in [-0.15, -0.1) is 0 Å². The van der Waals surface area contributed by atoms with E-state index < -0.39 is 17.5 Å². The molecule has 1 aromatic carbocycles. The average Bonchev–Trinajstić information content (AvgIpc) is 2.89. The van der Waals surface area contributed by atoms with Crippen molar-refractivity contribution >= 4 is 23.2 Å². The molecule has 0 spiro atoms. The Kier molecular flexibility index (Phi) is 2.99. The number of carbonyl (C=O) groups is 1. The first kappa shape index (κ1) is 13.3. The molecule has 0 atom stereocenters. The number of hydrogen-bond acceptors (Lipinski definition) is 4. The van der Waals surface area contributed by atoms with Crippen molar-refractivity contribution in [2.75, 3.05) is 0 Å². The Morgan fingerprint density at radius 3 is 2.90 bits per heavy atom. The third-order valence-corrected chi connectivity index (χ3v) is 3.28. The normalized spacial score (nSPS) is 11.0. The predicted octanol–water partition coefficient (Wildman–Crippen LogP) is 2.32. The summed E-state index contributed by atoms with van der Waals surface area (Å²) in [5, 5.41) is 13.7. The quantitative estimate of drug-likeness (QED) is 0.786. The number of aromatic nitrogens is 3. The van der Waals surface area contributed by atoms with Gasteiger partial charge >= 0.3 is 0 Å². The summed E-state index contributed by atoms with van der Waals surface area (Å²) in [6.45, 7) is 0. The molecule has 0 aliphatic rings. The Balaban J connectivity index is 2.40. The van der Waals surface area contributed by atoms with E-state index in [0.717, 1.165) is 12.4 Å². The molecule has 3 aromatic rings. The predicted molar refractivity (Wildman–Crippen MR) is 72.5 cm³/mol. The van der Waals surface area contributed by atoms with Gasteiger partial charge in [-0.25, -0.2) is 13.9 Å². The van der Waals surface area contributed by atoms with Crippen molar-refractivity contribution < 1.29 is 14.3 Å². The molecule has 0 fully saturated rings. The van der Waals surface area contributed by atoms with Crippen LogP contribution in [0.2, 0.25) is 5.02 Å². The molecule has 0 unspecified atom stereocenters. The number of benzene rings is 1. The van der Waals surface area contributed by atoms with Gasteiger partial charge in [0.15, 0.2) is 11.5 Å². The number of pyridine rings is 1. The van der Waals surface area contributed by atoms with Gasteiger partial charge in [-0.3, -0.25) is 10.5 Å². The maximum Gasteiger partial charge on any atom is 0.277 e. The van der Waals surface area contributed by atoms with E-state index in [-0.39, 0.29) is 27.5 Å². The van der Waals surface area contributed by atoms with Crippen molar-refractivity contribution in [3.8, 4) is 17.0 Å². The minimum Gasteiger partial charge on any atom is -0.507 e. The molecule has 0 saturated heterocycles. The highest BCUT2D eigenvalue weighted by molar-refractivity contribution is 6.31. The van der Waals surface area contributed by atoms with Crippen molar-refractivity contribution in [2.24, 2.45) is 0 Å². The monoisotopic (exact) mass is 305 g/mol. The van der Waals surface area contributed by atoms with Gasteiger partial charge in [0.2, 0.25) is 0 Å². The Labute approximate surface area is 122 Å². The van der Waals surface area contributed by atoms with Gasteiger partial charge in [-0.1, -0.05) is 17.7 Å². The number of carbonyl (C=O) groups excluding carboxylic acids is 1. The van der Waals surface area contributed by atoms with Gasteiger partial charge in [0.1, 0.15) is 17.6 Å². The molecule has 0 bridgehead atoms. The van der Waals surface area contributed by atoms with E-state index in [1.165, 1.54) is 16.6 Å². The van der Waals surface area contributed by atoms with Crippen LogP contribution in [-0.2, 0) is 0 Å². The van der Waals surface area contributed by atoms with Gasteiger partial charge in [0, 0.05) is 11.6 Å². The second kappa shape index (κ2) is 4.71. The van der Waals surface area contributed by atoms with E-state index in [1.807, 2.05) is 0 Å². The van der Waals surface area contributed by atoms with Crippen LogP contribution in [0.3, 0.4) is 0 Å². The van der Waals surface area contributed by atoms with Gasteiger partial charge < -0.3 is 5.11 Å². The standard InChI is InChI=1S/C13H7ClFN4O2/c14-7-3-1-2-6(11(7)15)8-4-9(20)10(12(16)21)13-17-5-18-19(8)13/h1-5,16,20H. The van der Waals surface area contributed by atoms with E-state index in [9.17, 15) is 14.3 Å². The van der Waals surface area contributed by atoms with Crippen LogP contribution < -0.4 is 5.73 Å². The van der Waals surface area contributed by atoms with Crippen molar-refractivity contribution in [3.05, 3.63) is 47.0 Å². The third kappa shape index (κ3) is 1.98. The highest BCUT2D eigenvalue weighted by Crippen LogP contribution is 2.32. The molecule has 3 rings (SSSR count). The SMILES string of the molecule is [NH]C(=O)c1c(O)cc(-c2cccc(Cl)c2F)n2ncnc12. The first-order chi connectivity index (χ1) is 10.0. The summed E-state index contributed by atoms with van der Waals surface area (Å²) in [4.78, 5) is 15.1. The lowest BCUT2D eigenvalue weighted by molar-refractivity contribution is 0.0990. The largest absolute Gasteiger partial charge is 0.507 e. The second-order valence-corrected chi connectivity index (χ2v) is 4.62. The minimum atomic E-state index is -1.11.